The number of aromatic nitrogens is 2. The molecule has 0 aliphatic heterocycles. The number of amides is 1. The molecule has 1 amide bonds. The van der Waals surface area contributed by atoms with E-state index in [0.29, 0.717) is 28.6 Å². The Balaban J connectivity index is 1.75. The summed E-state index contributed by atoms with van der Waals surface area (Å²) >= 11 is 5.92. The minimum atomic E-state index is -0.150. The second-order valence-electron chi connectivity index (χ2n) is 8.39. The van der Waals surface area contributed by atoms with Gasteiger partial charge in [0, 0.05) is 28.5 Å². The second kappa shape index (κ2) is 9.88. The van der Waals surface area contributed by atoms with Gasteiger partial charge in [0.2, 0.25) is 0 Å². The van der Waals surface area contributed by atoms with Crippen LogP contribution in [0.15, 0.2) is 60.9 Å². The zero-order valence-corrected chi connectivity index (χ0v) is 19.0. The fraction of sp³-hybridized carbons (Fsp3) is 0.333. The molecular formula is C24H28ClN3O3. The highest BCUT2D eigenvalue weighted by molar-refractivity contribution is 6.30. The van der Waals surface area contributed by atoms with Crippen molar-refractivity contribution in [3.05, 3.63) is 77.1 Å². The predicted octanol–water partition coefficient (Wildman–Crippen LogP) is 4.97. The maximum absolute atomic E-state index is 13.1. The number of nitrogens with one attached hydrogen (secondary N) is 1. The third-order valence-electron chi connectivity index (χ3n) is 5.03. The Morgan fingerprint density at radius 1 is 1.19 bits per heavy atom. The summed E-state index contributed by atoms with van der Waals surface area (Å²) in [6.45, 7) is 7.15. The number of rotatable bonds is 8. The first-order chi connectivity index (χ1) is 14.8. The van der Waals surface area contributed by atoms with Crippen molar-refractivity contribution in [2.24, 2.45) is 5.41 Å². The van der Waals surface area contributed by atoms with Gasteiger partial charge in [-0.15, -0.1) is 0 Å². The lowest BCUT2D eigenvalue weighted by Gasteiger charge is -2.31. The van der Waals surface area contributed by atoms with Crippen LogP contribution in [0.3, 0.4) is 0 Å². The topological polar surface area (TPSA) is 65.4 Å². The molecule has 0 saturated carbocycles. The van der Waals surface area contributed by atoms with Crippen molar-refractivity contribution in [3.63, 3.8) is 0 Å². The third kappa shape index (κ3) is 6.25. The lowest BCUT2D eigenvalue weighted by molar-refractivity contribution is 0.0890. The van der Waals surface area contributed by atoms with E-state index in [9.17, 15) is 4.79 Å². The predicted molar refractivity (Wildman–Crippen MR) is 122 cm³/mol. The fourth-order valence-corrected chi connectivity index (χ4v) is 3.22. The first-order valence-corrected chi connectivity index (χ1v) is 10.5. The standard InChI is InChI=1S/C24H28ClN3O3/c1-24(2,3)22(15-28-13-5-12-26-28)27-23(29)17-6-11-21(30-4)18(14-17)16-31-20-9-7-19(25)8-10-20/h5-14,22H,15-16H2,1-4H3,(H,27,29)/t22-/m0/s1. The third-order valence-corrected chi connectivity index (χ3v) is 5.28. The highest BCUT2D eigenvalue weighted by atomic mass is 35.5. The van der Waals surface area contributed by atoms with Crippen molar-refractivity contribution in [1.82, 2.24) is 15.1 Å². The summed E-state index contributed by atoms with van der Waals surface area (Å²) in [7, 11) is 1.60. The van der Waals surface area contributed by atoms with Crippen molar-refractivity contribution in [1.29, 1.82) is 0 Å². The Hall–Kier alpha value is -2.99. The molecule has 1 N–H and O–H groups in total. The number of carbonyl (C=O) groups is 1. The average Bonchev–Trinajstić information content (AvgIpc) is 3.25. The molecule has 2 aromatic carbocycles. The molecule has 0 radical (unpaired) electrons. The summed E-state index contributed by atoms with van der Waals surface area (Å²) < 4.78 is 13.1. The number of ether oxygens (including phenoxy) is 2. The number of nitrogens with zero attached hydrogens (tertiary/aromatic N) is 2. The van der Waals surface area contributed by atoms with Crippen LogP contribution in [0.1, 0.15) is 36.7 Å². The van der Waals surface area contributed by atoms with Crippen molar-refractivity contribution in [2.45, 2.75) is 40.0 Å². The van der Waals surface area contributed by atoms with Crippen LogP contribution in [-0.2, 0) is 13.2 Å². The smallest absolute Gasteiger partial charge is 0.251 e. The number of carbonyl (C=O) groups excluding carboxylic acids is 1. The minimum absolute atomic E-state index is 0.101. The van der Waals surface area contributed by atoms with E-state index >= 15 is 0 Å². The number of benzene rings is 2. The van der Waals surface area contributed by atoms with E-state index in [4.69, 9.17) is 21.1 Å². The van der Waals surface area contributed by atoms with Crippen LogP contribution < -0.4 is 14.8 Å². The van der Waals surface area contributed by atoms with Gasteiger partial charge in [0.1, 0.15) is 18.1 Å². The van der Waals surface area contributed by atoms with Gasteiger partial charge in [-0.1, -0.05) is 32.4 Å². The number of methoxy groups -OCH3 is 1. The van der Waals surface area contributed by atoms with E-state index in [0.717, 1.165) is 5.56 Å². The summed E-state index contributed by atoms with van der Waals surface area (Å²) in [5, 5.41) is 8.07. The van der Waals surface area contributed by atoms with Gasteiger partial charge in [-0.05, 0) is 53.9 Å². The fourth-order valence-electron chi connectivity index (χ4n) is 3.10. The molecule has 1 heterocycles. The zero-order chi connectivity index (χ0) is 22.4. The summed E-state index contributed by atoms with van der Waals surface area (Å²) in [6.07, 6.45) is 3.63. The van der Waals surface area contributed by atoms with Crippen molar-refractivity contribution in [2.75, 3.05) is 7.11 Å². The normalized spacial score (nSPS) is 12.3. The number of hydrogen-bond donors (Lipinski definition) is 1. The highest BCUT2D eigenvalue weighted by Gasteiger charge is 2.27. The summed E-state index contributed by atoms with van der Waals surface area (Å²) in [6, 6.07) is 14.3. The van der Waals surface area contributed by atoms with Crippen molar-refractivity contribution in [3.8, 4) is 11.5 Å². The molecule has 7 heteroatoms. The summed E-state index contributed by atoms with van der Waals surface area (Å²) in [5.74, 6) is 1.20. The molecule has 3 rings (SSSR count). The lowest BCUT2D eigenvalue weighted by Crippen LogP contribution is -2.46. The molecule has 1 atom stereocenters. The molecule has 0 unspecified atom stereocenters. The maximum atomic E-state index is 13.1. The van der Waals surface area contributed by atoms with Crippen molar-refractivity contribution >= 4 is 17.5 Å². The SMILES string of the molecule is COc1ccc(C(=O)N[C@@H](Cn2cccn2)C(C)(C)C)cc1COc1ccc(Cl)cc1. The molecule has 1 aromatic heterocycles. The van der Waals surface area contributed by atoms with Gasteiger partial charge in [0.15, 0.2) is 0 Å². The van der Waals surface area contributed by atoms with Crippen LogP contribution in [0.25, 0.3) is 0 Å². The van der Waals surface area contributed by atoms with E-state index in [1.807, 2.05) is 16.9 Å². The van der Waals surface area contributed by atoms with Gasteiger partial charge in [0.05, 0.1) is 19.7 Å². The quantitative estimate of drug-likeness (QED) is 0.536. The number of halogens is 1. The average molecular weight is 442 g/mol. The minimum Gasteiger partial charge on any atom is -0.496 e. The molecule has 3 aromatic rings. The summed E-state index contributed by atoms with van der Waals surface area (Å²) in [5.41, 5.74) is 1.18. The Morgan fingerprint density at radius 2 is 1.94 bits per heavy atom. The van der Waals surface area contributed by atoms with Gasteiger partial charge in [-0.3, -0.25) is 9.48 Å². The molecule has 31 heavy (non-hydrogen) atoms. The Morgan fingerprint density at radius 3 is 2.55 bits per heavy atom. The van der Waals surface area contributed by atoms with Crippen LogP contribution in [0.5, 0.6) is 11.5 Å². The molecule has 0 spiro atoms. The molecule has 0 bridgehead atoms. The Kier molecular flexibility index (Phi) is 7.23. The van der Waals surface area contributed by atoms with Crippen LogP contribution in [0.2, 0.25) is 5.02 Å². The largest absolute Gasteiger partial charge is 0.496 e. The molecular weight excluding hydrogens is 414 g/mol. The molecule has 0 aliphatic rings. The first-order valence-electron chi connectivity index (χ1n) is 10.1. The molecule has 164 valence electrons. The maximum Gasteiger partial charge on any atom is 0.251 e. The monoisotopic (exact) mass is 441 g/mol. The Bertz CT molecular complexity index is 996. The lowest BCUT2D eigenvalue weighted by atomic mass is 9.86. The second-order valence-corrected chi connectivity index (χ2v) is 8.83. The molecule has 0 saturated heterocycles. The summed E-state index contributed by atoms with van der Waals surface area (Å²) in [4.78, 5) is 13.1. The highest BCUT2D eigenvalue weighted by Crippen LogP contribution is 2.25. The van der Waals surface area contributed by atoms with Crippen LogP contribution >= 0.6 is 11.6 Å². The van der Waals surface area contributed by atoms with Gasteiger partial charge in [-0.25, -0.2) is 0 Å². The molecule has 0 aliphatic carbocycles. The van der Waals surface area contributed by atoms with E-state index in [2.05, 4.69) is 31.2 Å². The van der Waals surface area contributed by atoms with Gasteiger partial charge >= 0.3 is 0 Å². The number of hydrogen-bond acceptors (Lipinski definition) is 4. The van der Waals surface area contributed by atoms with Crippen LogP contribution in [0.4, 0.5) is 0 Å². The molecule has 6 nitrogen and oxygen atoms in total. The zero-order valence-electron chi connectivity index (χ0n) is 18.3. The van der Waals surface area contributed by atoms with Crippen LogP contribution in [-0.4, -0.2) is 28.8 Å². The van der Waals surface area contributed by atoms with E-state index in [-0.39, 0.29) is 24.0 Å². The first kappa shape index (κ1) is 22.7. The Labute approximate surface area is 188 Å². The van der Waals surface area contributed by atoms with Gasteiger partial charge in [0.25, 0.3) is 5.91 Å². The van der Waals surface area contributed by atoms with E-state index in [1.165, 1.54) is 0 Å². The van der Waals surface area contributed by atoms with E-state index < -0.39 is 0 Å². The van der Waals surface area contributed by atoms with Gasteiger partial charge < -0.3 is 14.8 Å². The van der Waals surface area contributed by atoms with Crippen molar-refractivity contribution < 1.29 is 14.3 Å². The van der Waals surface area contributed by atoms with Crippen LogP contribution in [0, 0.1) is 5.41 Å². The van der Waals surface area contributed by atoms with Gasteiger partial charge in [-0.2, -0.15) is 5.10 Å². The molecule has 0 fully saturated rings. The van der Waals surface area contributed by atoms with E-state index in [1.54, 1.807) is 55.8 Å².